The molecule has 78 valence electrons. The lowest BCUT2D eigenvalue weighted by atomic mass is 9.96. The van der Waals surface area contributed by atoms with Gasteiger partial charge in [0, 0.05) is 15.2 Å². The van der Waals surface area contributed by atoms with Gasteiger partial charge in [-0.2, -0.15) is 0 Å². The van der Waals surface area contributed by atoms with Crippen molar-refractivity contribution in [3.63, 3.8) is 0 Å². The highest BCUT2D eigenvalue weighted by Gasteiger charge is 2.15. The van der Waals surface area contributed by atoms with Crippen molar-refractivity contribution in [2.75, 3.05) is 7.11 Å². The lowest BCUT2D eigenvalue weighted by molar-refractivity contribution is 0.396. The Hall–Kier alpha value is -0.290. The summed E-state index contributed by atoms with van der Waals surface area (Å²) < 4.78 is 6.48. The van der Waals surface area contributed by atoms with Crippen molar-refractivity contribution in [2.24, 2.45) is 11.7 Å². The number of nitrogens with two attached hydrogens (primary N) is 1. The number of ether oxygens (including phenoxy) is 1. The maximum Gasteiger partial charge on any atom is 0.123 e. The standard InChI is InChI=1S/C11H16INO/c1-7(2)11(13)9-6-8(12)4-5-10(9)14-3/h4-7,11H,13H2,1-3H3. The molecule has 0 aromatic heterocycles. The first-order valence-corrected chi connectivity index (χ1v) is 5.73. The first kappa shape index (κ1) is 11.8. The summed E-state index contributed by atoms with van der Waals surface area (Å²) in [6.45, 7) is 4.23. The predicted octanol–water partition coefficient (Wildman–Crippen LogP) is 2.96. The van der Waals surface area contributed by atoms with Gasteiger partial charge in [-0.15, -0.1) is 0 Å². The molecule has 0 aliphatic rings. The summed E-state index contributed by atoms with van der Waals surface area (Å²) in [5.41, 5.74) is 7.19. The van der Waals surface area contributed by atoms with Crippen molar-refractivity contribution < 1.29 is 4.74 Å². The van der Waals surface area contributed by atoms with Crippen LogP contribution in [0.4, 0.5) is 0 Å². The van der Waals surface area contributed by atoms with Gasteiger partial charge in [0.1, 0.15) is 5.75 Å². The van der Waals surface area contributed by atoms with E-state index in [1.165, 1.54) is 3.57 Å². The Bertz CT molecular complexity index is 312. The second kappa shape index (κ2) is 4.98. The van der Waals surface area contributed by atoms with Gasteiger partial charge in [-0.05, 0) is 46.7 Å². The molecule has 3 heteroatoms. The zero-order valence-corrected chi connectivity index (χ0v) is 10.9. The average molecular weight is 305 g/mol. The molecule has 0 saturated heterocycles. The summed E-state index contributed by atoms with van der Waals surface area (Å²) in [5, 5.41) is 0. The largest absolute Gasteiger partial charge is 0.496 e. The average Bonchev–Trinajstić information content (AvgIpc) is 2.16. The summed E-state index contributed by atoms with van der Waals surface area (Å²) in [6.07, 6.45) is 0. The SMILES string of the molecule is COc1ccc(I)cc1C(N)C(C)C. The second-order valence-corrected chi connectivity index (χ2v) is 4.90. The maximum absolute atomic E-state index is 6.10. The van der Waals surface area contributed by atoms with E-state index in [0.29, 0.717) is 5.92 Å². The van der Waals surface area contributed by atoms with Gasteiger partial charge < -0.3 is 10.5 Å². The van der Waals surface area contributed by atoms with Crippen molar-refractivity contribution in [2.45, 2.75) is 19.9 Å². The van der Waals surface area contributed by atoms with Crippen LogP contribution in [0.25, 0.3) is 0 Å². The minimum absolute atomic E-state index is 0.0414. The summed E-state index contributed by atoms with van der Waals surface area (Å²) in [6, 6.07) is 6.12. The molecule has 0 amide bonds. The molecule has 0 bridgehead atoms. The lowest BCUT2D eigenvalue weighted by Gasteiger charge is -2.19. The van der Waals surface area contributed by atoms with Crippen molar-refractivity contribution >= 4 is 22.6 Å². The van der Waals surface area contributed by atoms with E-state index in [-0.39, 0.29) is 6.04 Å². The third kappa shape index (κ3) is 2.60. The normalized spacial score (nSPS) is 13.0. The van der Waals surface area contributed by atoms with E-state index < -0.39 is 0 Å². The molecule has 0 heterocycles. The minimum atomic E-state index is 0.0414. The predicted molar refractivity (Wildman–Crippen MR) is 67.5 cm³/mol. The molecule has 1 atom stereocenters. The number of hydrogen-bond donors (Lipinski definition) is 1. The van der Waals surface area contributed by atoms with Crippen LogP contribution in [-0.4, -0.2) is 7.11 Å². The van der Waals surface area contributed by atoms with Crippen LogP contribution in [0.1, 0.15) is 25.5 Å². The van der Waals surface area contributed by atoms with Crippen LogP contribution in [0.5, 0.6) is 5.75 Å². The molecule has 2 nitrogen and oxygen atoms in total. The van der Waals surface area contributed by atoms with Crippen LogP contribution >= 0.6 is 22.6 Å². The molecule has 0 spiro atoms. The summed E-state index contributed by atoms with van der Waals surface area (Å²) in [4.78, 5) is 0. The van der Waals surface area contributed by atoms with Gasteiger partial charge in [0.05, 0.1) is 7.11 Å². The monoisotopic (exact) mass is 305 g/mol. The van der Waals surface area contributed by atoms with Gasteiger partial charge >= 0.3 is 0 Å². The Labute approximate surface area is 99.0 Å². The Morgan fingerprint density at radius 3 is 2.50 bits per heavy atom. The molecule has 14 heavy (non-hydrogen) atoms. The van der Waals surface area contributed by atoms with Gasteiger partial charge in [0.15, 0.2) is 0 Å². The highest BCUT2D eigenvalue weighted by atomic mass is 127. The van der Waals surface area contributed by atoms with E-state index in [0.717, 1.165) is 11.3 Å². The maximum atomic E-state index is 6.10. The Balaban J connectivity index is 3.10. The third-order valence-corrected chi connectivity index (χ3v) is 2.94. The number of methoxy groups -OCH3 is 1. The minimum Gasteiger partial charge on any atom is -0.496 e. The fourth-order valence-electron chi connectivity index (χ4n) is 1.32. The third-order valence-electron chi connectivity index (χ3n) is 2.27. The van der Waals surface area contributed by atoms with E-state index in [2.05, 4.69) is 42.5 Å². The molecule has 1 aromatic rings. The van der Waals surface area contributed by atoms with Crippen LogP contribution in [-0.2, 0) is 0 Å². The first-order chi connectivity index (χ1) is 6.56. The highest BCUT2D eigenvalue weighted by molar-refractivity contribution is 14.1. The van der Waals surface area contributed by atoms with Crippen LogP contribution in [0.15, 0.2) is 18.2 Å². The van der Waals surface area contributed by atoms with E-state index in [9.17, 15) is 0 Å². The van der Waals surface area contributed by atoms with Crippen LogP contribution < -0.4 is 10.5 Å². The van der Waals surface area contributed by atoms with Gasteiger partial charge in [-0.1, -0.05) is 13.8 Å². The van der Waals surface area contributed by atoms with Crippen molar-refractivity contribution in [3.8, 4) is 5.75 Å². The molecule has 1 rings (SSSR count). The zero-order chi connectivity index (χ0) is 10.7. The number of hydrogen-bond acceptors (Lipinski definition) is 2. The van der Waals surface area contributed by atoms with Crippen molar-refractivity contribution in [1.82, 2.24) is 0 Å². The summed E-state index contributed by atoms with van der Waals surface area (Å²) in [7, 11) is 1.68. The topological polar surface area (TPSA) is 35.2 Å². The number of benzene rings is 1. The molecule has 0 aliphatic carbocycles. The van der Waals surface area contributed by atoms with Crippen molar-refractivity contribution in [1.29, 1.82) is 0 Å². The number of rotatable bonds is 3. The van der Waals surface area contributed by atoms with Gasteiger partial charge in [0.2, 0.25) is 0 Å². The van der Waals surface area contributed by atoms with E-state index in [4.69, 9.17) is 10.5 Å². The summed E-state index contributed by atoms with van der Waals surface area (Å²) >= 11 is 2.28. The fraction of sp³-hybridized carbons (Fsp3) is 0.455. The number of halogens is 1. The van der Waals surface area contributed by atoms with Crippen LogP contribution in [0, 0.1) is 9.49 Å². The molecule has 1 aromatic carbocycles. The molecule has 0 aliphatic heterocycles. The van der Waals surface area contributed by atoms with E-state index in [1.54, 1.807) is 7.11 Å². The molecule has 0 fully saturated rings. The Morgan fingerprint density at radius 1 is 1.36 bits per heavy atom. The molecule has 2 N–H and O–H groups in total. The van der Waals surface area contributed by atoms with Gasteiger partial charge in [-0.25, -0.2) is 0 Å². The van der Waals surface area contributed by atoms with Crippen LogP contribution in [0.3, 0.4) is 0 Å². The van der Waals surface area contributed by atoms with Crippen LogP contribution in [0.2, 0.25) is 0 Å². The molecule has 0 radical (unpaired) electrons. The molecule has 1 unspecified atom stereocenters. The van der Waals surface area contributed by atoms with E-state index in [1.807, 2.05) is 12.1 Å². The van der Waals surface area contributed by atoms with Crippen molar-refractivity contribution in [3.05, 3.63) is 27.3 Å². The molecular formula is C11H16INO. The quantitative estimate of drug-likeness (QED) is 0.872. The van der Waals surface area contributed by atoms with Gasteiger partial charge in [0.25, 0.3) is 0 Å². The summed E-state index contributed by atoms with van der Waals surface area (Å²) in [5.74, 6) is 1.30. The smallest absolute Gasteiger partial charge is 0.123 e. The fourth-order valence-corrected chi connectivity index (χ4v) is 1.84. The van der Waals surface area contributed by atoms with E-state index >= 15 is 0 Å². The Morgan fingerprint density at radius 2 is 2.00 bits per heavy atom. The molecule has 0 saturated carbocycles. The first-order valence-electron chi connectivity index (χ1n) is 4.65. The highest BCUT2D eigenvalue weighted by Crippen LogP contribution is 2.29. The lowest BCUT2D eigenvalue weighted by Crippen LogP contribution is -2.17. The zero-order valence-electron chi connectivity index (χ0n) is 8.75. The van der Waals surface area contributed by atoms with Gasteiger partial charge in [-0.3, -0.25) is 0 Å². The Kier molecular flexibility index (Phi) is 4.19. The second-order valence-electron chi connectivity index (χ2n) is 3.66. The molecular weight excluding hydrogens is 289 g/mol.